The summed E-state index contributed by atoms with van der Waals surface area (Å²) in [7, 11) is 1.56. The number of methoxy groups -OCH3 is 1. The molecule has 0 aromatic heterocycles. The van der Waals surface area contributed by atoms with Crippen LogP contribution in [0.15, 0.2) is 18.2 Å². The molecule has 1 heterocycles. The summed E-state index contributed by atoms with van der Waals surface area (Å²) >= 11 is 0. The largest absolute Gasteiger partial charge is 0.497 e. The van der Waals surface area contributed by atoms with Crippen LogP contribution in [0.2, 0.25) is 0 Å². The summed E-state index contributed by atoms with van der Waals surface area (Å²) in [5, 5.41) is 8.88. The van der Waals surface area contributed by atoms with Crippen molar-refractivity contribution < 1.29 is 19.4 Å². The van der Waals surface area contributed by atoms with E-state index in [9.17, 15) is 4.79 Å². The minimum absolute atomic E-state index is 0.206. The molecule has 1 aliphatic rings. The number of carboxylic acids is 1. The highest BCUT2D eigenvalue weighted by Crippen LogP contribution is 2.36. The molecule has 1 aromatic carbocycles. The number of rotatable bonds is 2. The molecular formula is C10H10O4. The zero-order valence-corrected chi connectivity index (χ0v) is 7.69. The number of ether oxygens (including phenoxy) is 2. The molecule has 0 amide bonds. The first-order valence-electron chi connectivity index (χ1n) is 4.26. The molecule has 74 valence electrons. The summed E-state index contributed by atoms with van der Waals surface area (Å²) in [6, 6.07) is 5.18. The van der Waals surface area contributed by atoms with Gasteiger partial charge in [0.25, 0.3) is 0 Å². The van der Waals surface area contributed by atoms with E-state index in [4.69, 9.17) is 14.6 Å². The minimum atomic E-state index is -0.853. The number of hydrogen-bond donors (Lipinski definition) is 1. The topological polar surface area (TPSA) is 55.8 Å². The van der Waals surface area contributed by atoms with Crippen molar-refractivity contribution in [2.75, 3.05) is 13.7 Å². The van der Waals surface area contributed by atoms with Crippen LogP contribution in [0.25, 0.3) is 0 Å². The fourth-order valence-corrected chi connectivity index (χ4v) is 1.52. The van der Waals surface area contributed by atoms with Crippen LogP contribution in [0.4, 0.5) is 0 Å². The number of hydrogen-bond acceptors (Lipinski definition) is 3. The van der Waals surface area contributed by atoms with E-state index < -0.39 is 11.9 Å². The van der Waals surface area contributed by atoms with Gasteiger partial charge in [-0.05, 0) is 6.07 Å². The monoisotopic (exact) mass is 194 g/mol. The summed E-state index contributed by atoms with van der Waals surface area (Å²) in [5.41, 5.74) is 0.721. The SMILES string of the molecule is COc1ccc2c(c1)OCC2C(=O)O. The maximum atomic E-state index is 10.8. The van der Waals surface area contributed by atoms with Crippen molar-refractivity contribution in [1.29, 1.82) is 0 Å². The van der Waals surface area contributed by atoms with E-state index in [1.54, 1.807) is 25.3 Å². The maximum Gasteiger partial charge on any atom is 0.314 e. The second-order valence-corrected chi connectivity index (χ2v) is 3.11. The Bertz CT molecular complexity index is 372. The molecule has 14 heavy (non-hydrogen) atoms. The Kier molecular flexibility index (Phi) is 2.04. The molecule has 1 atom stereocenters. The molecule has 0 saturated carbocycles. The van der Waals surface area contributed by atoms with Crippen LogP contribution in [-0.2, 0) is 4.79 Å². The Morgan fingerprint density at radius 1 is 1.64 bits per heavy atom. The average Bonchev–Trinajstić information content (AvgIpc) is 2.59. The molecule has 1 unspecified atom stereocenters. The molecule has 0 saturated heterocycles. The molecule has 1 aromatic rings. The van der Waals surface area contributed by atoms with Crippen LogP contribution < -0.4 is 9.47 Å². The van der Waals surface area contributed by atoms with Crippen molar-refractivity contribution in [3.63, 3.8) is 0 Å². The van der Waals surface area contributed by atoms with Crippen molar-refractivity contribution >= 4 is 5.97 Å². The average molecular weight is 194 g/mol. The molecule has 1 aliphatic heterocycles. The maximum absolute atomic E-state index is 10.8. The number of benzene rings is 1. The quantitative estimate of drug-likeness (QED) is 0.769. The van der Waals surface area contributed by atoms with Crippen molar-refractivity contribution in [3.8, 4) is 11.5 Å². The molecule has 0 bridgehead atoms. The zero-order valence-electron chi connectivity index (χ0n) is 7.69. The second-order valence-electron chi connectivity index (χ2n) is 3.11. The first-order chi connectivity index (χ1) is 6.72. The number of fused-ring (bicyclic) bond motifs is 1. The number of aliphatic carboxylic acids is 1. The van der Waals surface area contributed by atoms with Gasteiger partial charge in [0.1, 0.15) is 24.0 Å². The van der Waals surface area contributed by atoms with E-state index in [1.165, 1.54) is 0 Å². The van der Waals surface area contributed by atoms with Gasteiger partial charge in [0, 0.05) is 11.6 Å². The van der Waals surface area contributed by atoms with E-state index in [0.717, 1.165) is 5.56 Å². The lowest BCUT2D eigenvalue weighted by molar-refractivity contribution is -0.138. The zero-order chi connectivity index (χ0) is 10.1. The third-order valence-corrected chi connectivity index (χ3v) is 2.30. The van der Waals surface area contributed by atoms with Crippen LogP contribution in [0, 0.1) is 0 Å². The fraction of sp³-hybridized carbons (Fsp3) is 0.300. The number of carboxylic acid groups (broad SMARTS) is 1. The molecule has 4 heteroatoms. The van der Waals surface area contributed by atoms with Crippen molar-refractivity contribution in [2.24, 2.45) is 0 Å². The van der Waals surface area contributed by atoms with Gasteiger partial charge in [-0.3, -0.25) is 4.79 Å². The van der Waals surface area contributed by atoms with Gasteiger partial charge in [-0.25, -0.2) is 0 Å². The molecule has 2 rings (SSSR count). The molecule has 0 aliphatic carbocycles. The summed E-state index contributed by atoms with van der Waals surface area (Å²) in [4.78, 5) is 10.8. The Labute approximate surface area is 81.1 Å². The Balaban J connectivity index is 2.38. The van der Waals surface area contributed by atoms with Gasteiger partial charge in [-0.2, -0.15) is 0 Å². The lowest BCUT2D eigenvalue weighted by atomic mass is 10.0. The minimum Gasteiger partial charge on any atom is -0.497 e. The van der Waals surface area contributed by atoms with Gasteiger partial charge >= 0.3 is 5.97 Å². The predicted molar refractivity (Wildman–Crippen MR) is 48.9 cm³/mol. The van der Waals surface area contributed by atoms with Gasteiger partial charge in [0.05, 0.1) is 7.11 Å². The predicted octanol–water partition coefficient (Wildman–Crippen LogP) is 1.26. The molecular weight excluding hydrogens is 184 g/mol. The normalized spacial score (nSPS) is 18.5. The molecule has 0 fully saturated rings. The molecule has 4 nitrogen and oxygen atoms in total. The highest BCUT2D eigenvalue weighted by atomic mass is 16.5. The molecule has 0 spiro atoms. The number of carbonyl (C=O) groups is 1. The van der Waals surface area contributed by atoms with Gasteiger partial charge in [-0.15, -0.1) is 0 Å². The van der Waals surface area contributed by atoms with Crippen LogP contribution in [0.5, 0.6) is 11.5 Å². The lowest BCUT2D eigenvalue weighted by Crippen LogP contribution is -2.12. The smallest absolute Gasteiger partial charge is 0.314 e. The van der Waals surface area contributed by atoms with Crippen LogP contribution >= 0.6 is 0 Å². The standard InChI is InChI=1S/C10H10O4/c1-13-6-2-3-7-8(10(11)12)5-14-9(7)4-6/h2-4,8H,5H2,1H3,(H,11,12). The highest BCUT2D eigenvalue weighted by molar-refractivity contribution is 5.78. The summed E-state index contributed by atoms with van der Waals surface area (Å²) in [6.07, 6.45) is 0. The first-order valence-corrected chi connectivity index (χ1v) is 4.26. The van der Waals surface area contributed by atoms with Gasteiger partial charge in [0.2, 0.25) is 0 Å². The third-order valence-electron chi connectivity index (χ3n) is 2.30. The van der Waals surface area contributed by atoms with Gasteiger partial charge < -0.3 is 14.6 Å². The molecule has 1 N–H and O–H groups in total. The van der Waals surface area contributed by atoms with E-state index in [0.29, 0.717) is 11.5 Å². The van der Waals surface area contributed by atoms with Crippen LogP contribution in [-0.4, -0.2) is 24.8 Å². The summed E-state index contributed by atoms with van der Waals surface area (Å²) in [6.45, 7) is 0.206. The van der Waals surface area contributed by atoms with E-state index >= 15 is 0 Å². The molecule has 0 radical (unpaired) electrons. The van der Waals surface area contributed by atoms with E-state index in [1.807, 2.05) is 0 Å². The van der Waals surface area contributed by atoms with Crippen LogP contribution in [0.3, 0.4) is 0 Å². The van der Waals surface area contributed by atoms with E-state index in [2.05, 4.69) is 0 Å². The van der Waals surface area contributed by atoms with E-state index in [-0.39, 0.29) is 6.61 Å². The summed E-state index contributed by atoms with van der Waals surface area (Å²) < 4.78 is 10.3. The van der Waals surface area contributed by atoms with Crippen molar-refractivity contribution in [1.82, 2.24) is 0 Å². The Morgan fingerprint density at radius 3 is 3.07 bits per heavy atom. The lowest BCUT2D eigenvalue weighted by Gasteiger charge is -2.03. The Morgan fingerprint density at radius 2 is 2.43 bits per heavy atom. The third kappa shape index (κ3) is 1.28. The van der Waals surface area contributed by atoms with Crippen molar-refractivity contribution in [2.45, 2.75) is 5.92 Å². The Hall–Kier alpha value is -1.71. The fourth-order valence-electron chi connectivity index (χ4n) is 1.52. The first kappa shape index (κ1) is 8.87. The van der Waals surface area contributed by atoms with Crippen molar-refractivity contribution in [3.05, 3.63) is 23.8 Å². The highest BCUT2D eigenvalue weighted by Gasteiger charge is 2.30. The van der Waals surface area contributed by atoms with Gasteiger partial charge in [-0.1, -0.05) is 6.07 Å². The second kappa shape index (κ2) is 3.21. The summed E-state index contributed by atoms with van der Waals surface area (Å²) in [5.74, 6) is -0.114. The van der Waals surface area contributed by atoms with Crippen LogP contribution in [0.1, 0.15) is 11.5 Å². The van der Waals surface area contributed by atoms with Gasteiger partial charge in [0.15, 0.2) is 0 Å².